The molecule has 0 saturated carbocycles. The maximum atomic E-state index is 13.7. The Hall–Kier alpha value is -3.40. The lowest BCUT2D eigenvalue weighted by molar-refractivity contribution is -0.142. The van der Waals surface area contributed by atoms with E-state index in [2.05, 4.69) is 10.1 Å². The summed E-state index contributed by atoms with van der Waals surface area (Å²) in [4.78, 5) is 3.73. The lowest BCUT2D eigenvalue weighted by atomic mass is 10.1. The third-order valence-electron chi connectivity index (χ3n) is 4.46. The monoisotopic (exact) mass is 433 g/mol. The average Bonchev–Trinajstić information content (AvgIpc) is 3.18. The first-order valence-electron chi connectivity index (χ1n) is 8.62. The third-order valence-corrected chi connectivity index (χ3v) is 6.22. The molecule has 0 fully saturated rings. The molecule has 0 unspecified atom stereocenters. The molecule has 0 bridgehead atoms. The second-order valence-corrected chi connectivity index (χ2v) is 8.23. The fourth-order valence-corrected chi connectivity index (χ4v) is 4.30. The van der Waals surface area contributed by atoms with Gasteiger partial charge in [-0.25, -0.2) is 17.9 Å². The normalized spacial score (nSPS) is 12.3. The Labute approximate surface area is 169 Å². The third kappa shape index (κ3) is 3.39. The summed E-state index contributed by atoms with van der Waals surface area (Å²) in [6, 6.07) is 14.5. The SMILES string of the molecule is COc1ccc(-c2cc(C(F)(F)F)n3ncc(S(=O)(=O)c4ccccc4)c3n2)cc1. The van der Waals surface area contributed by atoms with E-state index in [4.69, 9.17) is 4.74 Å². The number of methoxy groups -OCH3 is 1. The van der Waals surface area contributed by atoms with Gasteiger partial charge in [-0.1, -0.05) is 18.2 Å². The molecule has 0 aliphatic carbocycles. The zero-order chi connectivity index (χ0) is 21.5. The van der Waals surface area contributed by atoms with Crippen LogP contribution in [0.4, 0.5) is 13.2 Å². The van der Waals surface area contributed by atoms with Crippen LogP contribution in [0.5, 0.6) is 5.75 Å². The molecule has 0 radical (unpaired) electrons. The summed E-state index contributed by atoms with van der Waals surface area (Å²) in [5.41, 5.74) is -1.21. The fourth-order valence-electron chi connectivity index (χ4n) is 2.97. The van der Waals surface area contributed by atoms with Crippen LogP contribution in [0.25, 0.3) is 16.9 Å². The van der Waals surface area contributed by atoms with Gasteiger partial charge in [0.15, 0.2) is 11.3 Å². The maximum absolute atomic E-state index is 13.7. The maximum Gasteiger partial charge on any atom is 0.433 e. The molecule has 154 valence electrons. The van der Waals surface area contributed by atoms with Gasteiger partial charge in [-0.2, -0.15) is 18.3 Å². The first-order valence-corrected chi connectivity index (χ1v) is 10.1. The summed E-state index contributed by atoms with van der Waals surface area (Å²) in [7, 11) is -2.66. The summed E-state index contributed by atoms with van der Waals surface area (Å²) in [5, 5.41) is 3.67. The smallest absolute Gasteiger partial charge is 0.433 e. The Morgan fingerprint density at radius 2 is 1.67 bits per heavy atom. The van der Waals surface area contributed by atoms with Crippen molar-refractivity contribution in [1.82, 2.24) is 14.6 Å². The Morgan fingerprint density at radius 1 is 1.00 bits per heavy atom. The first kappa shape index (κ1) is 19.9. The molecule has 0 saturated heterocycles. The van der Waals surface area contributed by atoms with Crippen LogP contribution in [0.3, 0.4) is 0 Å². The van der Waals surface area contributed by atoms with Gasteiger partial charge >= 0.3 is 6.18 Å². The van der Waals surface area contributed by atoms with E-state index in [1.807, 2.05) is 0 Å². The molecule has 2 aromatic heterocycles. The van der Waals surface area contributed by atoms with E-state index in [9.17, 15) is 21.6 Å². The van der Waals surface area contributed by atoms with Gasteiger partial charge in [0, 0.05) is 5.56 Å². The van der Waals surface area contributed by atoms with Gasteiger partial charge < -0.3 is 4.74 Å². The van der Waals surface area contributed by atoms with Crippen LogP contribution in [-0.2, 0) is 16.0 Å². The van der Waals surface area contributed by atoms with Crippen LogP contribution < -0.4 is 4.74 Å². The van der Waals surface area contributed by atoms with Crippen molar-refractivity contribution >= 4 is 15.5 Å². The molecule has 10 heteroatoms. The number of halogens is 3. The molecular formula is C20H14F3N3O3S. The summed E-state index contributed by atoms with van der Waals surface area (Å²) < 4.78 is 72.7. The number of rotatable bonds is 4. The number of alkyl halides is 3. The van der Waals surface area contributed by atoms with E-state index in [-0.39, 0.29) is 10.6 Å². The van der Waals surface area contributed by atoms with Gasteiger partial charge in [0.05, 0.1) is 23.9 Å². The van der Waals surface area contributed by atoms with Gasteiger partial charge in [0.1, 0.15) is 10.6 Å². The van der Waals surface area contributed by atoms with Gasteiger partial charge in [-0.3, -0.25) is 0 Å². The largest absolute Gasteiger partial charge is 0.497 e. The highest BCUT2D eigenvalue weighted by atomic mass is 32.2. The van der Waals surface area contributed by atoms with Gasteiger partial charge in [-0.15, -0.1) is 0 Å². The van der Waals surface area contributed by atoms with Gasteiger partial charge in [0.25, 0.3) is 0 Å². The Morgan fingerprint density at radius 3 is 2.27 bits per heavy atom. The van der Waals surface area contributed by atoms with Crippen LogP contribution >= 0.6 is 0 Å². The minimum atomic E-state index is -4.78. The number of hydrogen-bond acceptors (Lipinski definition) is 5. The number of fused-ring (bicyclic) bond motifs is 1. The summed E-state index contributed by atoms with van der Waals surface area (Å²) >= 11 is 0. The Balaban J connectivity index is 1.99. The highest BCUT2D eigenvalue weighted by molar-refractivity contribution is 7.91. The van der Waals surface area contributed by atoms with Gasteiger partial charge in [0.2, 0.25) is 9.84 Å². The van der Waals surface area contributed by atoms with Crippen molar-refractivity contribution in [3.05, 3.63) is 72.6 Å². The Bertz CT molecular complexity index is 1320. The molecule has 4 rings (SSSR count). The van der Waals surface area contributed by atoms with Crippen LogP contribution in [-0.4, -0.2) is 30.1 Å². The highest BCUT2D eigenvalue weighted by Gasteiger charge is 2.36. The molecule has 0 N–H and O–H groups in total. The molecule has 0 aliphatic heterocycles. The quantitative estimate of drug-likeness (QED) is 0.481. The lowest BCUT2D eigenvalue weighted by Gasteiger charge is -2.12. The average molecular weight is 433 g/mol. The van der Waals surface area contributed by atoms with E-state index in [0.29, 0.717) is 15.8 Å². The minimum Gasteiger partial charge on any atom is -0.497 e. The molecule has 0 atom stereocenters. The zero-order valence-corrected chi connectivity index (χ0v) is 16.3. The number of ether oxygens (including phenoxy) is 1. The second kappa shape index (κ2) is 7.13. The van der Waals surface area contributed by atoms with Crippen LogP contribution in [0, 0.1) is 0 Å². The Kier molecular flexibility index (Phi) is 4.73. The van der Waals surface area contributed by atoms with Crippen LogP contribution in [0.15, 0.2) is 76.7 Å². The van der Waals surface area contributed by atoms with Crippen molar-refractivity contribution in [1.29, 1.82) is 0 Å². The highest BCUT2D eigenvalue weighted by Crippen LogP contribution is 2.34. The van der Waals surface area contributed by atoms with E-state index in [0.717, 1.165) is 12.3 Å². The number of hydrogen-bond donors (Lipinski definition) is 0. The van der Waals surface area contributed by atoms with Crippen molar-refractivity contribution in [2.45, 2.75) is 16.0 Å². The molecule has 4 aromatic rings. The number of benzene rings is 2. The lowest BCUT2D eigenvalue weighted by Crippen LogP contribution is -2.14. The molecule has 30 heavy (non-hydrogen) atoms. The fraction of sp³-hybridized carbons (Fsp3) is 0.100. The standard InChI is InChI=1S/C20H14F3N3O3S/c1-29-14-9-7-13(8-10-14)16-11-18(20(21,22)23)26-19(25-16)17(12-24-26)30(27,28)15-5-3-2-4-6-15/h2-12H,1H3. The molecule has 2 aromatic carbocycles. The van der Waals surface area contributed by atoms with E-state index >= 15 is 0 Å². The van der Waals surface area contributed by atoms with Gasteiger partial charge in [-0.05, 0) is 42.5 Å². The number of sulfone groups is 1. The van der Waals surface area contributed by atoms with E-state index in [1.165, 1.54) is 31.4 Å². The summed E-state index contributed by atoms with van der Waals surface area (Å²) in [6.45, 7) is 0. The number of nitrogens with zero attached hydrogens (tertiary/aromatic N) is 3. The molecule has 0 aliphatic rings. The first-order chi connectivity index (χ1) is 14.2. The predicted octanol–water partition coefficient (Wildman–Crippen LogP) is 4.26. The van der Waals surface area contributed by atoms with Crippen molar-refractivity contribution < 1.29 is 26.3 Å². The molecule has 6 nitrogen and oxygen atoms in total. The minimum absolute atomic E-state index is 0.0394. The van der Waals surface area contributed by atoms with Crippen molar-refractivity contribution in [2.24, 2.45) is 0 Å². The molecule has 0 amide bonds. The summed E-state index contributed by atoms with van der Waals surface area (Å²) in [6.07, 6.45) is -3.89. The van der Waals surface area contributed by atoms with Crippen LogP contribution in [0.1, 0.15) is 5.69 Å². The van der Waals surface area contributed by atoms with Crippen molar-refractivity contribution in [3.8, 4) is 17.0 Å². The number of aromatic nitrogens is 3. The van der Waals surface area contributed by atoms with E-state index in [1.54, 1.807) is 30.3 Å². The van der Waals surface area contributed by atoms with Crippen LogP contribution in [0.2, 0.25) is 0 Å². The molecule has 0 spiro atoms. The predicted molar refractivity (Wildman–Crippen MR) is 102 cm³/mol. The van der Waals surface area contributed by atoms with Crippen molar-refractivity contribution in [2.75, 3.05) is 7.11 Å². The zero-order valence-electron chi connectivity index (χ0n) is 15.5. The molecular weight excluding hydrogens is 419 g/mol. The van der Waals surface area contributed by atoms with E-state index < -0.39 is 32.3 Å². The molecule has 2 heterocycles. The topological polar surface area (TPSA) is 73.6 Å². The second-order valence-electron chi connectivity index (χ2n) is 6.31. The van der Waals surface area contributed by atoms with Crippen molar-refractivity contribution in [3.63, 3.8) is 0 Å². The summed E-state index contributed by atoms with van der Waals surface area (Å²) in [5.74, 6) is 0.521.